The lowest BCUT2D eigenvalue weighted by Crippen LogP contribution is -2.09. The first kappa shape index (κ1) is 22.4. The second-order valence-corrected chi connectivity index (χ2v) is 8.77. The maximum Gasteiger partial charge on any atom is 0.147 e. The molecule has 0 N–H and O–H groups in total. The van der Waals surface area contributed by atoms with Gasteiger partial charge in [-0.2, -0.15) is 0 Å². The van der Waals surface area contributed by atoms with Gasteiger partial charge in [0, 0.05) is 6.54 Å². The molecule has 3 heteroatoms. The van der Waals surface area contributed by atoms with Crippen LogP contribution in [-0.2, 0) is 13.2 Å². The van der Waals surface area contributed by atoms with Crippen LogP contribution in [0.1, 0.15) is 88.6 Å². The van der Waals surface area contributed by atoms with Crippen molar-refractivity contribution in [1.29, 1.82) is 0 Å². The predicted octanol–water partition coefficient (Wildman–Crippen LogP) is 7.80. The van der Waals surface area contributed by atoms with Gasteiger partial charge in [0.15, 0.2) is 0 Å². The minimum Gasteiger partial charge on any atom is -0.485 e. The van der Waals surface area contributed by atoms with Gasteiger partial charge in [0.1, 0.15) is 18.2 Å². The molecule has 0 spiro atoms. The number of aromatic nitrogens is 2. The van der Waals surface area contributed by atoms with Gasteiger partial charge in [-0.3, -0.25) is 0 Å². The van der Waals surface area contributed by atoms with Gasteiger partial charge in [0.05, 0.1) is 11.0 Å². The Bertz CT molecular complexity index is 926. The fourth-order valence-corrected chi connectivity index (χ4v) is 4.10. The van der Waals surface area contributed by atoms with E-state index in [0.717, 1.165) is 23.6 Å². The summed E-state index contributed by atoms with van der Waals surface area (Å²) in [5, 5.41) is 0. The number of fused-ring (bicyclic) bond motifs is 1. The quantitative estimate of drug-likeness (QED) is 0.287. The Morgan fingerprint density at radius 1 is 0.933 bits per heavy atom. The van der Waals surface area contributed by atoms with Crippen molar-refractivity contribution in [1.82, 2.24) is 9.55 Å². The Kier molecular flexibility index (Phi) is 8.36. The van der Waals surface area contributed by atoms with Gasteiger partial charge in [-0.15, -0.1) is 0 Å². The van der Waals surface area contributed by atoms with Crippen molar-refractivity contribution in [3.63, 3.8) is 0 Å². The fourth-order valence-electron chi connectivity index (χ4n) is 4.10. The van der Waals surface area contributed by atoms with Crippen molar-refractivity contribution < 1.29 is 4.74 Å². The molecule has 0 saturated carbocycles. The third-order valence-corrected chi connectivity index (χ3v) is 5.87. The highest BCUT2D eigenvalue weighted by Gasteiger charge is 2.13. The number of aryl methyl sites for hydroxylation is 2. The average molecular weight is 407 g/mol. The molecule has 0 atom stereocenters. The summed E-state index contributed by atoms with van der Waals surface area (Å²) in [7, 11) is 0. The average Bonchev–Trinajstić information content (AvgIpc) is 3.09. The first-order valence-corrected chi connectivity index (χ1v) is 11.8. The second-order valence-electron chi connectivity index (χ2n) is 8.77. The number of ether oxygens (including phenoxy) is 1. The molecular formula is C27H38N2O. The minimum absolute atomic E-state index is 0.437. The van der Waals surface area contributed by atoms with E-state index in [-0.39, 0.29) is 0 Å². The van der Waals surface area contributed by atoms with Crippen molar-refractivity contribution in [3.05, 3.63) is 59.4 Å². The van der Waals surface area contributed by atoms with Gasteiger partial charge < -0.3 is 9.30 Å². The summed E-state index contributed by atoms with van der Waals surface area (Å²) in [5.74, 6) is 2.45. The van der Waals surface area contributed by atoms with Gasteiger partial charge in [-0.1, -0.05) is 83.6 Å². The summed E-state index contributed by atoms with van der Waals surface area (Å²) in [6.45, 7) is 10.3. The molecule has 0 saturated heterocycles. The summed E-state index contributed by atoms with van der Waals surface area (Å²) < 4.78 is 8.69. The van der Waals surface area contributed by atoms with Crippen molar-refractivity contribution in [2.24, 2.45) is 0 Å². The predicted molar refractivity (Wildman–Crippen MR) is 127 cm³/mol. The molecule has 3 rings (SSSR count). The molecule has 0 bridgehead atoms. The maximum absolute atomic E-state index is 6.32. The largest absolute Gasteiger partial charge is 0.485 e. The van der Waals surface area contributed by atoms with Crippen molar-refractivity contribution in [2.45, 2.75) is 91.7 Å². The van der Waals surface area contributed by atoms with Crippen molar-refractivity contribution >= 4 is 11.0 Å². The molecule has 0 amide bonds. The minimum atomic E-state index is 0.437. The van der Waals surface area contributed by atoms with Crippen LogP contribution in [-0.4, -0.2) is 9.55 Å². The zero-order chi connectivity index (χ0) is 21.3. The highest BCUT2D eigenvalue weighted by atomic mass is 16.5. The first-order valence-electron chi connectivity index (χ1n) is 11.8. The number of nitrogens with zero attached hydrogens (tertiary/aromatic N) is 2. The fraction of sp³-hybridized carbons (Fsp3) is 0.519. The molecule has 3 nitrogen and oxygen atoms in total. The molecule has 1 aromatic heterocycles. The van der Waals surface area contributed by atoms with Crippen molar-refractivity contribution in [3.8, 4) is 5.75 Å². The van der Waals surface area contributed by atoms with Crippen LogP contribution in [0, 0.1) is 6.92 Å². The standard InChI is InChI=1S/C27H38N2O/c1-5-6-7-8-9-10-13-18-29-25-15-12-11-14-24(25)28-27(29)20-30-26-19-22(4)16-17-23(26)21(2)3/h11-12,14-17,19,21H,5-10,13,18,20H2,1-4H3. The third kappa shape index (κ3) is 5.87. The summed E-state index contributed by atoms with van der Waals surface area (Å²) in [6.07, 6.45) is 9.22. The molecule has 3 aromatic rings. The Hall–Kier alpha value is -2.29. The maximum atomic E-state index is 6.32. The van der Waals surface area contributed by atoms with Crippen molar-refractivity contribution in [2.75, 3.05) is 0 Å². The van der Waals surface area contributed by atoms with Gasteiger partial charge >= 0.3 is 0 Å². The molecule has 162 valence electrons. The lowest BCUT2D eigenvalue weighted by atomic mass is 10.0. The van der Waals surface area contributed by atoms with Crippen LogP contribution in [0.3, 0.4) is 0 Å². The van der Waals surface area contributed by atoms with E-state index in [1.54, 1.807) is 0 Å². The molecule has 0 aliphatic carbocycles. The van der Waals surface area contributed by atoms with E-state index in [2.05, 4.69) is 74.7 Å². The number of unbranched alkanes of at least 4 members (excludes halogenated alkanes) is 6. The molecule has 0 aliphatic heterocycles. The van der Waals surface area contributed by atoms with Crippen LogP contribution in [0.4, 0.5) is 0 Å². The molecule has 0 fully saturated rings. The highest BCUT2D eigenvalue weighted by molar-refractivity contribution is 5.75. The SMILES string of the molecule is CCCCCCCCCn1c(COc2cc(C)ccc2C(C)C)nc2ccccc21. The summed E-state index contributed by atoms with van der Waals surface area (Å²) in [5.41, 5.74) is 4.77. The van der Waals surface area contributed by atoms with Gasteiger partial charge in [-0.25, -0.2) is 4.98 Å². The molecule has 2 aromatic carbocycles. The van der Waals surface area contributed by atoms with Crippen LogP contribution in [0.25, 0.3) is 11.0 Å². The molecule has 30 heavy (non-hydrogen) atoms. The van der Waals surface area contributed by atoms with E-state index in [1.807, 2.05) is 0 Å². The van der Waals surface area contributed by atoms with E-state index in [0.29, 0.717) is 12.5 Å². The Morgan fingerprint density at radius 3 is 2.43 bits per heavy atom. The lowest BCUT2D eigenvalue weighted by molar-refractivity contribution is 0.285. The zero-order valence-electron chi connectivity index (χ0n) is 19.3. The Balaban J connectivity index is 1.70. The molecular weight excluding hydrogens is 368 g/mol. The number of imidazole rings is 1. The topological polar surface area (TPSA) is 27.1 Å². The van der Waals surface area contributed by atoms with Crippen LogP contribution in [0.15, 0.2) is 42.5 Å². The van der Waals surface area contributed by atoms with Gasteiger partial charge in [0.25, 0.3) is 0 Å². The smallest absolute Gasteiger partial charge is 0.147 e. The van der Waals surface area contributed by atoms with Crippen LogP contribution in [0.5, 0.6) is 5.75 Å². The molecule has 0 aliphatic rings. The number of benzene rings is 2. The van der Waals surface area contributed by atoms with E-state index < -0.39 is 0 Å². The highest BCUT2D eigenvalue weighted by Crippen LogP contribution is 2.28. The molecule has 0 unspecified atom stereocenters. The monoisotopic (exact) mass is 406 g/mol. The van der Waals surface area contributed by atoms with E-state index in [1.165, 1.54) is 61.6 Å². The summed E-state index contributed by atoms with van der Waals surface area (Å²) in [4.78, 5) is 4.90. The third-order valence-electron chi connectivity index (χ3n) is 5.87. The number of hydrogen-bond acceptors (Lipinski definition) is 2. The second kappa shape index (κ2) is 11.2. The van der Waals surface area contributed by atoms with E-state index in [9.17, 15) is 0 Å². The summed E-state index contributed by atoms with van der Waals surface area (Å²) in [6, 6.07) is 15.0. The van der Waals surface area contributed by atoms with E-state index in [4.69, 9.17) is 9.72 Å². The Labute approximate surface area is 182 Å². The lowest BCUT2D eigenvalue weighted by Gasteiger charge is -2.15. The van der Waals surface area contributed by atoms with Gasteiger partial charge in [0.2, 0.25) is 0 Å². The van der Waals surface area contributed by atoms with Gasteiger partial charge in [-0.05, 0) is 48.6 Å². The summed E-state index contributed by atoms with van der Waals surface area (Å²) >= 11 is 0. The number of hydrogen-bond donors (Lipinski definition) is 0. The number of rotatable bonds is 12. The van der Waals surface area contributed by atoms with Crippen LogP contribution in [0.2, 0.25) is 0 Å². The zero-order valence-corrected chi connectivity index (χ0v) is 19.3. The molecule has 1 heterocycles. The van der Waals surface area contributed by atoms with Crippen LogP contribution >= 0.6 is 0 Å². The first-order chi connectivity index (χ1) is 14.6. The molecule has 0 radical (unpaired) electrons. The van der Waals surface area contributed by atoms with E-state index >= 15 is 0 Å². The Morgan fingerprint density at radius 2 is 1.67 bits per heavy atom. The van der Waals surface area contributed by atoms with Crippen LogP contribution < -0.4 is 4.74 Å². The number of para-hydroxylation sites is 2. The normalized spacial score (nSPS) is 11.5.